The SMILES string of the molecule is O=C(O)CCCCCCCC(=O)N1CCOCC1CC(F)F. The van der Waals surface area contributed by atoms with Crippen LogP contribution >= 0.6 is 0 Å². The van der Waals surface area contributed by atoms with Gasteiger partial charge >= 0.3 is 5.97 Å². The lowest BCUT2D eigenvalue weighted by Crippen LogP contribution is -2.49. The molecule has 1 atom stereocenters. The van der Waals surface area contributed by atoms with E-state index >= 15 is 0 Å². The van der Waals surface area contributed by atoms with E-state index < -0.39 is 18.4 Å². The number of hydrogen-bond donors (Lipinski definition) is 1. The van der Waals surface area contributed by atoms with Crippen LogP contribution in [0.15, 0.2) is 0 Å². The fourth-order valence-electron chi connectivity index (χ4n) is 2.61. The number of carbonyl (C=O) groups is 2. The summed E-state index contributed by atoms with van der Waals surface area (Å²) in [5, 5.41) is 8.51. The maximum absolute atomic E-state index is 12.5. The van der Waals surface area contributed by atoms with Crippen LogP contribution in [0.2, 0.25) is 0 Å². The summed E-state index contributed by atoms with van der Waals surface area (Å²) in [6.45, 7) is 0.973. The zero-order chi connectivity index (χ0) is 16.4. The predicted molar refractivity (Wildman–Crippen MR) is 76.9 cm³/mol. The topological polar surface area (TPSA) is 66.8 Å². The molecule has 1 aliphatic rings. The lowest BCUT2D eigenvalue weighted by atomic mass is 10.1. The second-order valence-corrected chi connectivity index (χ2v) is 5.60. The molecule has 0 bridgehead atoms. The number of hydrogen-bond acceptors (Lipinski definition) is 3. The third-order valence-corrected chi connectivity index (χ3v) is 3.78. The van der Waals surface area contributed by atoms with E-state index in [9.17, 15) is 18.4 Å². The van der Waals surface area contributed by atoms with E-state index in [1.54, 1.807) is 0 Å². The van der Waals surface area contributed by atoms with E-state index in [1.807, 2.05) is 0 Å². The molecule has 1 fully saturated rings. The van der Waals surface area contributed by atoms with Crippen molar-refractivity contribution in [3.63, 3.8) is 0 Å². The fourth-order valence-corrected chi connectivity index (χ4v) is 2.61. The number of carboxylic acid groups (broad SMARTS) is 1. The largest absolute Gasteiger partial charge is 0.481 e. The highest BCUT2D eigenvalue weighted by Crippen LogP contribution is 2.17. The molecule has 7 heteroatoms. The molecule has 1 rings (SSSR count). The molecule has 128 valence electrons. The van der Waals surface area contributed by atoms with Gasteiger partial charge in [0.25, 0.3) is 0 Å². The second kappa shape index (κ2) is 10.5. The molecular weight excluding hydrogens is 296 g/mol. The minimum atomic E-state index is -2.43. The van der Waals surface area contributed by atoms with Crippen molar-refractivity contribution in [3.05, 3.63) is 0 Å². The van der Waals surface area contributed by atoms with E-state index in [0.717, 1.165) is 19.3 Å². The van der Waals surface area contributed by atoms with Crippen LogP contribution in [0, 0.1) is 0 Å². The summed E-state index contributed by atoms with van der Waals surface area (Å²) in [5.41, 5.74) is 0. The quantitative estimate of drug-likeness (QED) is 0.628. The van der Waals surface area contributed by atoms with Gasteiger partial charge in [0.2, 0.25) is 12.3 Å². The van der Waals surface area contributed by atoms with Crippen LogP contribution < -0.4 is 0 Å². The number of aliphatic carboxylic acids is 1. The third kappa shape index (κ3) is 7.68. The normalized spacial score (nSPS) is 18.7. The molecule has 0 aliphatic carbocycles. The van der Waals surface area contributed by atoms with Crippen molar-refractivity contribution in [2.24, 2.45) is 0 Å². The van der Waals surface area contributed by atoms with Crippen molar-refractivity contribution in [3.8, 4) is 0 Å². The standard InChI is InChI=1S/C15H25F2NO4/c16-13(17)10-12-11-22-9-8-18(12)14(19)6-4-2-1-3-5-7-15(20)21/h12-13H,1-11H2,(H,20,21). The molecule has 1 aliphatic heterocycles. The summed E-state index contributed by atoms with van der Waals surface area (Å²) in [6.07, 6.45) is 1.73. The average Bonchev–Trinajstić information content (AvgIpc) is 2.45. The third-order valence-electron chi connectivity index (χ3n) is 3.78. The maximum Gasteiger partial charge on any atom is 0.303 e. The Bertz CT molecular complexity index is 352. The summed E-state index contributed by atoms with van der Waals surface area (Å²) in [4.78, 5) is 24.0. The highest BCUT2D eigenvalue weighted by atomic mass is 19.3. The number of halogens is 2. The molecule has 0 spiro atoms. The number of amides is 1. The number of carbonyl (C=O) groups excluding carboxylic acids is 1. The molecule has 1 unspecified atom stereocenters. The van der Waals surface area contributed by atoms with Gasteiger partial charge in [0.1, 0.15) is 0 Å². The first-order valence-corrected chi connectivity index (χ1v) is 7.88. The Hall–Kier alpha value is -1.24. The monoisotopic (exact) mass is 321 g/mol. The van der Waals surface area contributed by atoms with Crippen molar-refractivity contribution in [1.29, 1.82) is 0 Å². The molecule has 0 aromatic heterocycles. The Morgan fingerprint density at radius 1 is 1.14 bits per heavy atom. The molecule has 0 saturated carbocycles. The van der Waals surface area contributed by atoms with Crippen LogP contribution in [0.4, 0.5) is 8.78 Å². The number of carboxylic acids is 1. The Morgan fingerprint density at radius 2 is 1.77 bits per heavy atom. The summed E-state index contributed by atoms with van der Waals surface area (Å²) in [7, 11) is 0. The van der Waals surface area contributed by atoms with Gasteiger partial charge in [-0.15, -0.1) is 0 Å². The van der Waals surface area contributed by atoms with Crippen molar-refractivity contribution in [2.45, 2.75) is 63.8 Å². The van der Waals surface area contributed by atoms with Gasteiger partial charge < -0.3 is 14.7 Å². The van der Waals surface area contributed by atoms with Gasteiger partial charge in [-0.1, -0.05) is 19.3 Å². The lowest BCUT2D eigenvalue weighted by molar-refractivity contribution is -0.141. The van der Waals surface area contributed by atoms with Gasteiger partial charge in [0.15, 0.2) is 0 Å². The van der Waals surface area contributed by atoms with E-state index in [1.165, 1.54) is 4.90 Å². The number of alkyl halides is 2. The maximum atomic E-state index is 12.5. The van der Waals surface area contributed by atoms with Crippen LogP contribution in [0.25, 0.3) is 0 Å². The smallest absolute Gasteiger partial charge is 0.303 e. The van der Waals surface area contributed by atoms with Crippen LogP contribution in [0.1, 0.15) is 51.4 Å². The molecule has 1 amide bonds. The van der Waals surface area contributed by atoms with Crippen molar-refractivity contribution >= 4 is 11.9 Å². The molecule has 1 N–H and O–H groups in total. The summed E-state index contributed by atoms with van der Waals surface area (Å²) in [6, 6.07) is -0.517. The molecule has 1 saturated heterocycles. The van der Waals surface area contributed by atoms with E-state index in [4.69, 9.17) is 9.84 Å². The van der Waals surface area contributed by atoms with Crippen molar-refractivity contribution in [1.82, 2.24) is 4.90 Å². The van der Waals surface area contributed by atoms with Gasteiger partial charge in [-0.05, 0) is 12.8 Å². The second-order valence-electron chi connectivity index (χ2n) is 5.60. The van der Waals surface area contributed by atoms with Crippen LogP contribution in [0.3, 0.4) is 0 Å². The van der Waals surface area contributed by atoms with E-state index in [2.05, 4.69) is 0 Å². The highest BCUT2D eigenvalue weighted by molar-refractivity contribution is 5.76. The molecule has 0 aromatic rings. The lowest BCUT2D eigenvalue weighted by Gasteiger charge is -2.35. The highest BCUT2D eigenvalue weighted by Gasteiger charge is 2.29. The van der Waals surface area contributed by atoms with Gasteiger partial charge in [-0.25, -0.2) is 8.78 Å². The van der Waals surface area contributed by atoms with Crippen molar-refractivity contribution < 1.29 is 28.2 Å². The molecule has 5 nitrogen and oxygen atoms in total. The summed E-state index contributed by atoms with van der Waals surface area (Å²) < 4.78 is 30.2. The van der Waals surface area contributed by atoms with Gasteiger partial charge in [-0.2, -0.15) is 0 Å². The Balaban J connectivity index is 2.18. The summed E-state index contributed by atoms with van der Waals surface area (Å²) in [5.74, 6) is -0.868. The number of unbranched alkanes of at least 4 members (excludes halogenated alkanes) is 4. The Labute approximate surface area is 129 Å². The zero-order valence-corrected chi connectivity index (χ0v) is 12.8. The Kier molecular flexibility index (Phi) is 8.96. The first-order chi connectivity index (χ1) is 10.5. The number of ether oxygens (including phenoxy) is 1. The van der Waals surface area contributed by atoms with Crippen molar-refractivity contribution in [2.75, 3.05) is 19.8 Å². The van der Waals surface area contributed by atoms with E-state index in [-0.39, 0.29) is 25.4 Å². The molecule has 22 heavy (non-hydrogen) atoms. The molecule has 0 radical (unpaired) electrons. The summed E-state index contributed by atoms with van der Waals surface area (Å²) >= 11 is 0. The molecule has 1 heterocycles. The fraction of sp³-hybridized carbons (Fsp3) is 0.867. The number of nitrogens with zero attached hydrogens (tertiary/aromatic N) is 1. The molecule has 0 aromatic carbocycles. The average molecular weight is 321 g/mol. The van der Waals surface area contributed by atoms with Gasteiger partial charge in [0, 0.05) is 25.8 Å². The predicted octanol–water partition coefficient (Wildman–Crippen LogP) is 2.68. The first kappa shape index (κ1) is 18.8. The van der Waals surface area contributed by atoms with Crippen LogP contribution in [-0.4, -0.2) is 54.1 Å². The van der Waals surface area contributed by atoms with Crippen LogP contribution in [0.5, 0.6) is 0 Å². The van der Waals surface area contributed by atoms with Gasteiger partial charge in [-0.3, -0.25) is 9.59 Å². The molecular formula is C15H25F2NO4. The number of rotatable bonds is 10. The zero-order valence-electron chi connectivity index (χ0n) is 12.8. The minimum absolute atomic E-state index is 0.0838. The minimum Gasteiger partial charge on any atom is -0.481 e. The van der Waals surface area contributed by atoms with Crippen LogP contribution in [-0.2, 0) is 14.3 Å². The number of morpholine rings is 1. The Morgan fingerprint density at radius 3 is 2.41 bits per heavy atom. The van der Waals surface area contributed by atoms with E-state index in [0.29, 0.717) is 32.4 Å². The van der Waals surface area contributed by atoms with Gasteiger partial charge in [0.05, 0.1) is 19.3 Å². The first-order valence-electron chi connectivity index (χ1n) is 7.88.